The third-order valence-corrected chi connectivity index (χ3v) is 2.56. The summed E-state index contributed by atoms with van der Waals surface area (Å²) in [7, 11) is 0. The first kappa shape index (κ1) is 10.2. The van der Waals surface area contributed by atoms with Crippen LogP contribution in [0.1, 0.15) is 5.56 Å². The van der Waals surface area contributed by atoms with Gasteiger partial charge in [-0.1, -0.05) is 30.3 Å². The molecule has 6 heteroatoms. The molecule has 2 N–H and O–H groups in total. The number of nitrogen functional groups attached to an aromatic ring is 1. The first-order valence-corrected chi connectivity index (χ1v) is 5.26. The van der Waals surface area contributed by atoms with Gasteiger partial charge in [0.2, 0.25) is 0 Å². The second kappa shape index (κ2) is 3.82. The number of fused-ring (bicyclic) bond motifs is 1. The molecule has 2 heterocycles. The van der Waals surface area contributed by atoms with Crippen molar-refractivity contribution in [1.29, 1.82) is 5.26 Å². The largest absolute Gasteiger partial charge is 0.382 e. The fraction of sp³-hybridized carbons (Fsp3) is 0. The SMILES string of the molecule is N#Cc1cnc2nc(-c3ccccc3)nn2c1N. The van der Waals surface area contributed by atoms with Crippen LogP contribution in [-0.2, 0) is 0 Å². The second-order valence-corrected chi connectivity index (χ2v) is 3.68. The number of hydrogen-bond donors (Lipinski definition) is 1. The van der Waals surface area contributed by atoms with E-state index in [-0.39, 0.29) is 11.4 Å². The molecular formula is C12H8N6. The quantitative estimate of drug-likeness (QED) is 0.686. The maximum absolute atomic E-state index is 8.87. The van der Waals surface area contributed by atoms with Crippen LogP contribution in [0.25, 0.3) is 17.2 Å². The van der Waals surface area contributed by atoms with Crippen LogP contribution >= 0.6 is 0 Å². The maximum atomic E-state index is 8.87. The van der Waals surface area contributed by atoms with Crippen molar-refractivity contribution in [3.63, 3.8) is 0 Å². The van der Waals surface area contributed by atoms with Gasteiger partial charge in [0, 0.05) is 5.56 Å². The number of nitrogens with two attached hydrogens (primary N) is 1. The van der Waals surface area contributed by atoms with Gasteiger partial charge in [-0.05, 0) is 0 Å². The summed E-state index contributed by atoms with van der Waals surface area (Å²) in [6, 6.07) is 11.5. The van der Waals surface area contributed by atoms with E-state index in [4.69, 9.17) is 11.0 Å². The summed E-state index contributed by atoms with van der Waals surface area (Å²) >= 11 is 0. The molecule has 0 atom stereocenters. The molecule has 0 saturated heterocycles. The van der Waals surface area contributed by atoms with Gasteiger partial charge in [-0.25, -0.2) is 4.98 Å². The van der Waals surface area contributed by atoms with Gasteiger partial charge in [-0.15, -0.1) is 5.10 Å². The van der Waals surface area contributed by atoms with Gasteiger partial charge in [0.15, 0.2) is 5.82 Å². The maximum Gasteiger partial charge on any atom is 0.254 e. The van der Waals surface area contributed by atoms with Crippen LogP contribution in [0.2, 0.25) is 0 Å². The Morgan fingerprint density at radius 2 is 2.00 bits per heavy atom. The molecule has 6 nitrogen and oxygen atoms in total. The molecule has 0 unspecified atom stereocenters. The average Bonchev–Trinajstić information content (AvgIpc) is 2.85. The van der Waals surface area contributed by atoms with Crippen LogP contribution < -0.4 is 5.73 Å². The van der Waals surface area contributed by atoms with E-state index in [1.54, 1.807) is 0 Å². The van der Waals surface area contributed by atoms with E-state index in [1.165, 1.54) is 10.7 Å². The normalized spacial score (nSPS) is 10.4. The summed E-state index contributed by atoms with van der Waals surface area (Å²) in [6.45, 7) is 0. The Morgan fingerprint density at radius 1 is 1.22 bits per heavy atom. The highest BCUT2D eigenvalue weighted by Crippen LogP contribution is 2.17. The minimum atomic E-state index is 0.247. The van der Waals surface area contributed by atoms with Crippen molar-refractivity contribution >= 4 is 11.6 Å². The van der Waals surface area contributed by atoms with Crippen molar-refractivity contribution in [3.05, 3.63) is 42.1 Å². The lowest BCUT2D eigenvalue weighted by molar-refractivity contribution is 0.951. The van der Waals surface area contributed by atoms with E-state index in [1.807, 2.05) is 36.4 Å². The molecule has 0 radical (unpaired) electrons. The number of benzene rings is 1. The molecule has 0 spiro atoms. The molecule has 0 fully saturated rings. The number of nitrogens with zero attached hydrogens (tertiary/aromatic N) is 5. The van der Waals surface area contributed by atoms with E-state index in [2.05, 4.69) is 15.1 Å². The van der Waals surface area contributed by atoms with Crippen LogP contribution in [0.5, 0.6) is 0 Å². The third-order valence-electron chi connectivity index (χ3n) is 2.56. The Hall–Kier alpha value is -2.94. The van der Waals surface area contributed by atoms with Crippen molar-refractivity contribution in [2.24, 2.45) is 0 Å². The molecule has 3 aromatic rings. The molecule has 0 bridgehead atoms. The van der Waals surface area contributed by atoms with Crippen LogP contribution in [0.3, 0.4) is 0 Å². The highest BCUT2D eigenvalue weighted by Gasteiger charge is 2.11. The number of rotatable bonds is 1. The molecule has 0 amide bonds. The van der Waals surface area contributed by atoms with Gasteiger partial charge in [0.25, 0.3) is 5.78 Å². The predicted molar refractivity (Wildman–Crippen MR) is 65.3 cm³/mol. The molecule has 0 saturated carbocycles. The lowest BCUT2D eigenvalue weighted by Gasteiger charge is -1.97. The Labute approximate surface area is 102 Å². The monoisotopic (exact) mass is 236 g/mol. The van der Waals surface area contributed by atoms with Crippen LogP contribution in [0.4, 0.5) is 5.82 Å². The molecule has 86 valence electrons. The zero-order valence-corrected chi connectivity index (χ0v) is 9.28. The molecule has 0 aliphatic carbocycles. The number of anilines is 1. The van der Waals surface area contributed by atoms with Gasteiger partial charge in [-0.2, -0.15) is 14.8 Å². The average molecular weight is 236 g/mol. The third kappa shape index (κ3) is 1.46. The topological polar surface area (TPSA) is 92.9 Å². The zero-order valence-electron chi connectivity index (χ0n) is 9.28. The van der Waals surface area contributed by atoms with Crippen LogP contribution in [0, 0.1) is 11.3 Å². The summed E-state index contributed by atoms with van der Waals surface area (Å²) in [5.41, 5.74) is 6.98. The number of aromatic nitrogens is 4. The van der Waals surface area contributed by atoms with Crippen molar-refractivity contribution in [2.45, 2.75) is 0 Å². The van der Waals surface area contributed by atoms with Gasteiger partial charge in [0.1, 0.15) is 17.5 Å². The summed E-state index contributed by atoms with van der Waals surface area (Å²) in [5.74, 6) is 1.16. The highest BCUT2D eigenvalue weighted by molar-refractivity contribution is 5.59. The van der Waals surface area contributed by atoms with E-state index in [0.29, 0.717) is 11.6 Å². The first-order chi connectivity index (χ1) is 8.79. The lowest BCUT2D eigenvalue weighted by Crippen LogP contribution is -2.03. The van der Waals surface area contributed by atoms with Gasteiger partial charge >= 0.3 is 0 Å². The van der Waals surface area contributed by atoms with Gasteiger partial charge < -0.3 is 5.73 Å². The molecule has 18 heavy (non-hydrogen) atoms. The van der Waals surface area contributed by atoms with Crippen LogP contribution in [-0.4, -0.2) is 19.6 Å². The fourth-order valence-corrected chi connectivity index (χ4v) is 1.65. The van der Waals surface area contributed by atoms with Crippen molar-refractivity contribution in [2.75, 3.05) is 5.73 Å². The molecule has 1 aromatic carbocycles. The predicted octanol–water partition coefficient (Wildman–Crippen LogP) is 1.25. The molecule has 2 aromatic heterocycles. The highest BCUT2D eigenvalue weighted by atomic mass is 15.4. The number of hydrogen-bond acceptors (Lipinski definition) is 5. The minimum Gasteiger partial charge on any atom is -0.382 e. The zero-order chi connectivity index (χ0) is 12.5. The van der Waals surface area contributed by atoms with Crippen LogP contribution in [0.15, 0.2) is 36.5 Å². The standard InChI is InChI=1S/C12H8N6/c13-6-9-7-15-12-16-11(17-18(12)10(9)14)8-4-2-1-3-5-8/h1-5,7H,14H2. The molecular weight excluding hydrogens is 228 g/mol. The van der Waals surface area contributed by atoms with E-state index in [0.717, 1.165) is 5.56 Å². The second-order valence-electron chi connectivity index (χ2n) is 3.68. The van der Waals surface area contributed by atoms with Crippen molar-refractivity contribution < 1.29 is 0 Å². The Morgan fingerprint density at radius 3 is 2.72 bits per heavy atom. The smallest absolute Gasteiger partial charge is 0.254 e. The van der Waals surface area contributed by atoms with E-state index >= 15 is 0 Å². The molecule has 0 aliphatic heterocycles. The summed E-state index contributed by atoms with van der Waals surface area (Å²) in [5, 5.41) is 13.1. The summed E-state index contributed by atoms with van der Waals surface area (Å²) in [6.07, 6.45) is 1.40. The van der Waals surface area contributed by atoms with E-state index < -0.39 is 0 Å². The lowest BCUT2D eigenvalue weighted by atomic mass is 10.2. The summed E-state index contributed by atoms with van der Waals surface area (Å²) < 4.78 is 1.38. The Balaban J connectivity index is 2.24. The summed E-state index contributed by atoms with van der Waals surface area (Å²) in [4.78, 5) is 8.32. The molecule has 3 rings (SSSR count). The van der Waals surface area contributed by atoms with Crippen molar-refractivity contribution in [3.8, 4) is 17.5 Å². The van der Waals surface area contributed by atoms with Gasteiger partial charge in [0.05, 0.1) is 6.20 Å². The van der Waals surface area contributed by atoms with Gasteiger partial charge in [-0.3, -0.25) is 0 Å². The minimum absolute atomic E-state index is 0.247. The fourth-order valence-electron chi connectivity index (χ4n) is 1.65. The Kier molecular flexibility index (Phi) is 2.17. The van der Waals surface area contributed by atoms with E-state index in [9.17, 15) is 0 Å². The van der Waals surface area contributed by atoms with Crippen molar-refractivity contribution in [1.82, 2.24) is 19.6 Å². The molecule has 0 aliphatic rings. The Bertz CT molecular complexity index is 753. The number of nitriles is 1. The first-order valence-electron chi connectivity index (χ1n) is 5.26.